The summed E-state index contributed by atoms with van der Waals surface area (Å²) in [7, 11) is 0. The van der Waals surface area contributed by atoms with E-state index in [1.165, 1.54) is 6.07 Å². The minimum Gasteiger partial charge on any atom is -0.349 e. The third-order valence-electron chi connectivity index (χ3n) is 3.64. The Morgan fingerprint density at radius 1 is 1.47 bits per heavy atom. The number of nitrogens with two attached hydrogens (primary N) is 1. The Hall–Kier alpha value is -1.13. The fourth-order valence-electron chi connectivity index (χ4n) is 2.22. The predicted molar refractivity (Wildman–Crippen MR) is 75.7 cm³/mol. The summed E-state index contributed by atoms with van der Waals surface area (Å²) in [6.45, 7) is 2.38. The maximum absolute atomic E-state index is 13.4. The molecule has 0 radical (unpaired) electrons. The molecule has 1 aliphatic rings. The summed E-state index contributed by atoms with van der Waals surface area (Å²) < 4.78 is 13.4. The zero-order chi connectivity index (χ0) is 13.2. The van der Waals surface area contributed by atoms with Crippen molar-refractivity contribution in [1.82, 2.24) is 5.32 Å². The summed E-state index contributed by atoms with van der Waals surface area (Å²) in [5.74, 6) is -0.0412. The molecule has 1 aliphatic carbocycles. The number of hydrogen-bond acceptors (Lipinski definition) is 2. The van der Waals surface area contributed by atoms with Crippen LogP contribution in [0.1, 0.15) is 25.3 Å². The van der Waals surface area contributed by atoms with E-state index in [1.54, 1.807) is 18.2 Å². The van der Waals surface area contributed by atoms with Gasteiger partial charge in [-0.2, -0.15) is 0 Å². The number of halogens is 2. The van der Waals surface area contributed by atoms with Crippen LogP contribution in [0.5, 0.6) is 0 Å². The molecule has 1 saturated carbocycles. The lowest BCUT2D eigenvalue weighted by molar-refractivity contribution is -0.122. The Bertz CT molecular complexity index is 451. The van der Waals surface area contributed by atoms with Crippen molar-refractivity contribution in [2.75, 3.05) is 6.54 Å². The van der Waals surface area contributed by atoms with E-state index in [1.807, 2.05) is 6.92 Å². The van der Waals surface area contributed by atoms with Gasteiger partial charge in [-0.05, 0) is 37.3 Å². The Labute approximate surface area is 119 Å². The van der Waals surface area contributed by atoms with Crippen LogP contribution in [0.3, 0.4) is 0 Å². The molecule has 1 unspecified atom stereocenters. The van der Waals surface area contributed by atoms with Crippen molar-refractivity contribution in [2.24, 2.45) is 11.7 Å². The Balaban J connectivity index is 0.00000180. The Kier molecular flexibility index (Phi) is 5.32. The van der Waals surface area contributed by atoms with Gasteiger partial charge < -0.3 is 11.1 Å². The van der Waals surface area contributed by atoms with Gasteiger partial charge in [0.2, 0.25) is 5.91 Å². The first-order chi connectivity index (χ1) is 8.55. The number of amides is 1. The molecule has 0 bridgehead atoms. The van der Waals surface area contributed by atoms with E-state index in [9.17, 15) is 9.18 Å². The highest BCUT2D eigenvalue weighted by Crippen LogP contribution is 2.38. The van der Waals surface area contributed by atoms with Gasteiger partial charge in [-0.25, -0.2) is 4.39 Å². The predicted octanol–water partition coefficient (Wildman–Crippen LogP) is 2.03. The second-order valence-corrected chi connectivity index (χ2v) is 5.21. The molecule has 1 fully saturated rings. The van der Waals surface area contributed by atoms with Gasteiger partial charge in [0.1, 0.15) is 5.82 Å². The van der Waals surface area contributed by atoms with Crippen molar-refractivity contribution in [2.45, 2.75) is 31.7 Å². The number of carbonyl (C=O) groups excluding carboxylic acids is 1. The molecule has 1 atom stereocenters. The van der Waals surface area contributed by atoms with Crippen LogP contribution >= 0.6 is 12.4 Å². The first kappa shape index (κ1) is 15.9. The van der Waals surface area contributed by atoms with E-state index in [0.29, 0.717) is 18.0 Å². The molecular weight excluding hydrogens is 267 g/mol. The zero-order valence-electron chi connectivity index (χ0n) is 11.0. The third kappa shape index (κ3) is 3.91. The quantitative estimate of drug-likeness (QED) is 0.870. The first-order valence-corrected chi connectivity index (χ1v) is 6.29. The molecule has 0 aromatic heterocycles. The molecule has 106 valence electrons. The first-order valence-electron chi connectivity index (χ1n) is 6.29. The molecule has 1 aromatic rings. The molecule has 0 spiro atoms. The fourth-order valence-corrected chi connectivity index (χ4v) is 2.22. The summed E-state index contributed by atoms with van der Waals surface area (Å²) >= 11 is 0. The molecule has 3 nitrogen and oxygen atoms in total. The van der Waals surface area contributed by atoms with Crippen LogP contribution in [0, 0.1) is 11.7 Å². The Morgan fingerprint density at radius 2 is 2.11 bits per heavy atom. The monoisotopic (exact) mass is 286 g/mol. The molecule has 5 heteroatoms. The summed E-state index contributed by atoms with van der Waals surface area (Å²) in [6, 6.07) is 6.34. The van der Waals surface area contributed by atoms with Crippen molar-refractivity contribution in [3.05, 3.63) is 35.6 Å². The van der Waals surface area contributed by atoms with E-state index in [4.69, 9.17) is 5.73 Å². The van der Waals surface area contributed by atoms with Gasteiger partial charge in [-0.3, -0.25) is 4.79 Å². The van der Waals surface area contributed by atoms with Crippen LogP contribution in [0.4, 0.5) is 4.39 Å². The van der Waals surface area contributed by atoms with Gasteiger partial charge >= 0.3 is 0 Å². The van der Waals surface area contributed by atoms with Gasteiger partial charge in [0, 0.05) is 6.54 Å². The van der Waals surface area contributed by atoms with Gasteiger partial charge in [-0.1, -0.05) is 18.2 Å². The summed E-state index contributed by atoms with van der Waals surface area (Å²) in [5, 5.41) is 2.95. The highest BCUT2D eigenvalue weighted by molar-refractivity contribution is 5.85. The van der Waals surface area contributed by atoms with Crippen molar-refractivity contribution < 1.29 is 9.18 Å². The number of carbonyl (C=O) groups is 1. The van der Waals surface area contributed by atoms with Gasteiger partial charge in [-0.15, -0.1) is 12.4 Å². The molecule has 0 aliphatic heterocycles. The van der Waals surface area contributed by atoms with Crippen LogP contribution in [0.15, 0.2) is 24.3 Å². The molecule has 1 aromatic carbocycles. The number of rotatable bonds is 5. The number of nitrogens with one attached hydrogen (secondary N) is 1. The highest BCUT2D eigenvalue weighted by atomic mass is 35.5. The topological polar surface area (TPSA) is 55.1 Å². The smallest absolute Gasteiger partial charge is 0.225 e. The van der Waals surface area contributed by atoms with Crippen molar-refractivity contribution in [3.8, 4) is 0 Å². The van der Waals surface area contributed by atoms with Crippen LogP contribution in [-0.4, -0.2) is 18.0 Å². The lowest BCUT2D eigenvalue weighted by Crippen LogP contribution is -2.53. The summed E-state index contributed by atoms with van der Waals surface area (Å²) in [5.41, 5.74) is 5.81. The molecule has 0 heterocycles. The normalized spacial score (nSPS) is 17.2. The van der Waals surface area contributed by atoms with Crippen LogP contribution in [-0.2, 0) is 11.2 Å². The van der Waals surface area contributed by atoms with Gasteiger partial charge in [0.05, 0.1) is 12.0 Å². The number of benzene rings is 1. The van der Waals surface area contributed by atoms with E-state index < -0.39 is 0 Å². The van der Waals surface area contributed by atoms with Crippen LogP contribution in [0.2, 0.25) is 0 Å². The summed E-state index contributed by atoms with van der Waals surface area (Å²) in [6.07, 6.45) is 2.27. The standard InChI is InChI=1S/C14H19FN2O.ClH/c1-14(9-16,11-6-7-11)17-13(18)8-10-4-2-3-5-12(10)15;/h2-5,11H,6-9,16H2,1H3,(H,17,18);1H. The lowest BCUT2D eigenvalue weighted by atomic mass is 9.95. The molecule has 19 heavy (non-hydrogen) atoms. The summed E-state index contributed by atoms with van der Waals surface area (Å²) in [4.78, 5) is 11.9. The van der Waals surface area contributed by atoms with Crippen LogP contribution in [0.25, 0.3) is 0 Å². The van der Waals surface area contributed by atoms with Gasteiger partial charge in [0.25, 0.3) is 0 Å². The second-order valence-electron chi connectivity index (χ2n) is 5.21. The second kappa shape index (κ2) is 6.35. The average molecular weight is 287 g/mol. The van der Waals surface area contributed by atoms with Crippen LogP contribution < -0.4 is 11.1 Å². The average Bonchev–Trinajstić information content (AvgIpc) is 3.16. The maximum atomic E-state index is 13.4. The van der Waals surface area contributed by atoms with Crippen molar-refractivity contribution in [1.29, 1.82) is 0 Å². The molecule has 0 saturated heterocycles. The Morgan fingerprint density at radius 3 is 2.63 bits per heavy atom. The van der Waals surface area contributed by atoms with E-state index in [-0.39, 0.29) is 36.1 Å². The molecule has 3 N–H and O–H groups in total. The minimum absolute atomic E-state index is 0. The highest BCUT2D eigenvalue weighted by Gasteiger charge is 2.41. The molecular formula is C14H20ClFN2O. The van der Waals surface area contributed by atoms with E-state index >= 15 is 0 Å². The van der Waals surface area contributed by atoms with E-state index in [0.717, 1.165) is 12.8 Å². The lowest BCUT2D eigenvalue weighted by Gasteiger charge is -2.29. The number of hydrogen-bond donors (Lipinski definition) is 2. The molecule has 2 rings (SSSR count). The maximum Gasteiger partial charge on any atom is 0.225 e. The SMILES string of the molecule is CC(CN)(NC(=O)Cc1ccccc1F)C1CC1.Cl. The van der Waals surface area contributed by atoms with E-state index in [2.05, 4.69) is 5.32 Å². The van der Waals surface area contributed by atoms with Crippen molar-refractivity contribution >= 4 is 18.3 Å². The zero-order valence-corrected chi connectivity index (χ0v) is 11.8. The van der Waals surface area contributed by atoms with Gasteiger partial charge in [0.15, 0.2) is 0 Å². The minimum atomic E-state index is -0.345. The molecule has 1 amide bonds. The third-order valence-corrected chi connectivity index (χ3v) is 3.64. The fraction of sp³-hybridized carbons (Fsp3) is 0.500. The largest absolute Gasteiger partial charge is 0.349 e. The van der Waals surface area contributed by atoms with Crippen molar-refractivity contribution in [3.63, 3.8) is 0 Å².